The van der Waals surface area contributed by atoms with E-state index in [4.69, 9.17) is 20.9 Å². The van der Waals surface area contributed by atoms with E-state index in [9.17, 15) is 33.0 Å². The van der Waals surface area contributed by atoms with E-state index in [0.717, 1.165) is 0 Å². The Labute approximate surface area is 184 Å². The molecular formula is C14H17FN3O12P3. The van der Waals surface area contributed by atoms with Gasteiger partial charge in [-0.25, -0.2) is 27.6 Å². The summed E-state index contributed by atoms with van der Waals surface area (Å²) in [5, 5.41) is 14.4. The minimum Gasteiger partial charge on any atom is -0.386 e. The van der Waals surface area contributed by atoms with Gasteiger partial charge >= 0.3 is 23.5 Å². The molecule has 0 bridgehead atoms. The van der Waals surface area contributed by atoms with Crippen molar-refractivity contribution in [3.8, 4) is 12.3 Å². The minimum absolute atomic E-state index is 0.123. The Hall–Kier alpha value is -1.56. The van der Waals surface area contributed by atoms with Gasteiger partial charge < -0.3 is 29.4 Å². The van der Waals surface area contributed by atoms with E-state index in [1.54, 1.807) is 13.0 Å². The van der Waals surface area contributed by atoms with Gasteiger partial charge in [-0.1, -0.05) is 5.92 Å². The van der Waals surface area contributed by atoms with E-state index < -0.39 is 54.1 Å². The van der Waals surface area contributed by atoms with Gasteiger partial charge in [0, 0.05) is 0 Å². The van der Waals surface area contributed by atoms with Crippen LogP contribution in [0.15, 0.2) is 18.5 Å². The van der Waals surface area contributed by atoms with Crippen LogP contribution in [0.1, 0.15) is 17.5 Å². The van der Waals surface area contributed by atoms with Crippen molar-refractivity contribution in [3.63, 3.8) is 0 Å². The fraction of sp³-hybridized carbons (Fsp3) is 0.429. The Bertz CT molecular complexity index is 1240. The number of hydrogen-bond acceptors (Lipinski definition) is 10. The number of hydrogen-bond donors (Lipinski definition) is 5. The number of halogens is 1. The van der Waals surface area contributed by atoms with E-state index in [1.807, 2.05) is 5.92 Å². The minimum atomic E-state index is -5.79. The molecule has 3 heterocycles. The first-order valence-electron chi connectivity index (χ1n) is 8.65. The van der Waals surface area contributed by atoms with Gasteiger partial charge in [0.15, 0.2) is 11.8 Å². The molecule has 19 heteroatoms. The van der Waals surface area contributed by atoms with Crippen LogP contribution in [0, 0.1) is 19.3 Å². The first kappa shape index (κ1) is 26.1. The van der Waals surface area contributed by atoms with Crippen LogP contribution in [0.2, 0.25) is 0 Å². The molecule has 2 aromatic rings. The van der Waals surface area contributed by atoms with E-state index in [2.05, 4.69) is 23.2 Å². The van der Waals surface area contributed by atoms with Crippen molar-refractivity contribution >= 4 is 29.0 Å². The number of nitrogens with zero attached hydrogens (tertiary/aromatic N) is 3. The van der Waals surface area contributed by atoms with E-state index in [-0.39, 0.29) is 5.69 Å². The molecule has 0 saturated carbocycles. The summed E-state index contributed by atoms with van der Waals surface area (Å²) in [6.07, 6.45) is 0.771. The molecule has 1 fully saturated rings. The van der Waals surface area contributed by atoms with Gasteiger partial charge in [0.25, 0.3) is 0 Å². The number of terminal acetylenes is 1. The van der Waals surface area contributed by atoms with E-state index in [0.29, 0.717) is 11.2 Å². The SMILES string of the molecule is C#C[C@]1(COP(=O)(O)OP(=O)(O)OP(=O)(O)O)O[C@@H](c2ccc3c(C)ncnn23)[C@H](F)[C@@H]1O. The summed E-state index contributed by atoms with van der Waals surface area (Å²) in [7, 11) is -17.0. The number of ether oxygens (including phenoxy) is 1. The molecule has 2 aromatic heterocycles. The summed E-state index contributed by atoms with van der Waals surface area (Å²) in [5.74, 6) is 1.93. The zero-order valence-corrected chi connectivity index (χ0v) is 19.1. The lowest BCUT2D eigenvalue weighted by Crippen LogP contribution is -2.44. The van der Waals surface area contributed by atoms with Crippen molar-refractivity contribution < 1.29 is 60.6 Å². The van der Waals surface area contributed by atoms with Gasteiger partial charge in [-0.3, -0.25) is 4.52 Å². The molecule has 0 amide bonds. The third-order valence-electron chi connectivity index (χ3n) is 4.47. The monoisotopic (exact) mass is 531 g/mol. The number of alkyl halides is 1. The first-order valence-corrected chi connectivity index (χ1v) is 13.2. The molecule has 5 N–H and O–H groups in total. The second-order valence-electron chi connectivity index (χ2n) is 6.73. The second kappa shape index (κ2) is 8.90. The van der Waals surface area contributed by atoms with Crippen molar-refractivity contribution in [3.05, 3.63) is 29.8 Å². The van der Waals surface area contributed by atoms with Crippen LogP contribution in [0.4, 0.5) is 4.39 Å². The highest BCUT2D eigenvalue weighted by molar-refractivity contribution is 7.66. The van der Waals surface area contributed by atoms with Crippen molar-refractivity contribution in [2.45, 2.75) is 30.9 Å². The standard InChI is InChI=1S/C14H17FN3O12P3/c1-3-14(6-27-32(23,24)30-33(25,26)29-31(20,21)22)13(19)11(15)12(28-14)10-5-4-9-8(2)16-7-17-18(9)10/h1,4-5,7,11-13,19H,6H2,2H3,(H,23,24)(H,25,26)(H2,20,21,22)/t11-,12-,13-,14+/m0/s1. The molecule has 1 aliphatic rings. The molecule has 33 heavy (non-hydrogen) atoms. The molecule has 15 nitrogen and oxygen atoms in total. The Morgan fingerprint density at radius 3 is 2.52 bits per heavy atom. The summed E-state index contributed by atoms with van der Waals surface area (Å²) >= 11 is 0. The second-order valence-corrected chi connectivity index (χ2v) is 11.1. The summed E-state index contributed by atoms with van der Waals surface area (Å²) < 4.78 is 67.4. The average molecular weight is 531 g/mol. The smallest absolute Gasteiger partial charge is 0.386 e. The predicted octanol–water partition coefficient (Wildman–Crippen LogP) is 0.523. The van der Waals surface area contributed by atoms with E-state index in [1.165, 1.54) is 16.9 Å². The van der Waals surface area contributed by atoms with Gasteiger partial charge in [-0.15, -0.1) is 6.42 Å². The van der Waals surface area contributed by atoms with Gasteiger partial charge in [-0.2, -0.15) is 13.7 Å². The van der Waals surface area contributed by atoms with Crippen molar-refractivity contribution in [1.29, 1.82) is 0 Å². The molecule has 3 rings (SSSR count). The normalized spacial score (nSPS) is 29.5. The maximum absolute atomic E-state index is 15.0. The Morgan fingerprint density at radius 1 is 1.24 bits per heavy atom. The molecule has 1 saturated heterocycles. The predicted molar refractivity (Wildman–Crippen MR) is 104 cm³/mol. The molecule has 2 unspecified atom stereocenters. The third kappa shape index (κ3) is 5.58. The number of fused-ring (bicyclic) bond motifs is 1. The topological polar surface area (TPSA) is 219 Å². The largest absolute Gasteiger partial charge is 0.490 e. The van der Waals surface area contributed by atoms with E-state index >= 15 is 0 Å². The Morgan fingerprint density at radius 2 is 1.91 bits per heavy atom. The Kier molecular flexibility index (Phi) is 7.03. The van der Waals surface area contributed by atoms with Gasteiger partial charge in [0.1, 0.15) is 25.1 Å². The van der Waals surface area contributed by atoms with Crippen LogP contribution in [-0.2, 0) is 31.6 Å². The van der Waals surface area contributed by atoms with Crippen LogP contribution < -0.4 is 0 Å². The molecule has 0 spiro atoms. The fourth-order valence-electron chi connectivity index (χ4n) is 3.06. The third-order valence-corrected chi connectivity index (χ3v) is 8.26. The molecule has 1 aliphatic heterocycles. The fourth-order valence-corrected chi connectivity index (χ4v) is 6.11. The highest BCUT2D eigenvalue weighted by atomic mass is 31.3. The van der Waals surface area contributed by atoms with Crippen LogP contribution in [0.5, 0.6) is 0 Å². The van der Waals surface area contributed by atoms with Crippen LogP contribution in [0.25, 0.3) is 5.52 Å². The number of phosphoric ester groups is 1. The lowest BCUT2D eigenvalue weighted by molar-refractivity contribution is -0.0715. The number of aliphatic hydroxyl groups is 1. The highest BCUT2D eigenvalue weighted by Gasteiger charge is 2.57. The summed E-state index contributed by atoms with van der Waals surface area (Å²) in [4.78, 5) is 39.9. The highest BCUT2D eigenvalue weighted by Crippen LogP contribution is 2.66. The lowest BCUT2D eigenvalue weighted by atomic mass is 9.96. The van der Waals surface area contributed by atoms with Crippen LogP contribution in [-0.4, -0.2) is 63.8 Å². The Balaban J connectivity index is 1.81. The van der Waals surface area contributed by atoms with Gasteiger partial charge in [-0.05, 0) is 19.1 Å². The quantitative estimate of drug-likeness (QED) is 0.232. The molecule has 0 aromatic carbocycles. The molecule has 182 valence electrons. The zero-order valence-electron chi connectivity index (χ0n) is 16.4. The number of aryl methyl sites for hydroxylation is 1. The molecule has 6 atom stereocenters. The summed E-state index contributed by atoms with van der Waals surface area (Å²) in [6, 6.07) is 3.00. The maximum atomic E-state index is 15.0. The van der Waals surface area contributed by atoms with Crippen molar-refractivity contribution in [2.75, 3.05) is 6.61 Å². The maximum Gasteiger partial charge on any atom is 0.490 e. The van der Waals surface area contributed by atoms with Gasteiger partial charge in [0.2, 0.25) is 0 Å². The summed E-state index contributed by atoms with van der Waals surface area (Å²) in [6.45, 7) is 0.440. The summed E-state index contributed by atoms with van der Waals surface area (Å²) in [5.41, 5.74) is -1.19. The molecular weight excluding hydrogens is 514 g/mol. The van der Waals surface area contributed by atoms with Crippen molar-refractivity contribution in [2.24, 2.45) is 0 Å². The molecule has 0 radical (unpaired) electrons. The van der Waals surface area contributed by atoms with Crippen LogP contribution >= 0.6 is 23.5 Å². The first-order chi connectivity index (χ1) is 15.1. The number of aromatic nitrogens is 3. The lowest BCUT2D eigenvalue weighted by Gasteiger charge is -2.27. The number of aliphatic hydroxyl groups excluding tert-OH is 1. The number of rotatable bonds is 8. The average Bonchev–Trinajstić information content (AvgIpc) is 3.19. The van der Waals surface area contributed by atoms with Gasteiger partial charge in [0.05, 0.1) is 16.9 Å². The van der Waals surface area contributed by atoms with Crippen LogP contribution in [0.3, 0.4) is 0 Å². The van der Waals surface area contributed by atoms with Crippen molar-refractivity contribution in [1.82, 2.24) is 14.6 Å². The number of phosphoric acid groups is 3. The molecule has 0 aliphatic carbocycles. The zero-order chi connectivity index (χ0) is 24.8.